The van der Waals surface area contributed by atoms with E-state index in [-0.39, 0.29) is 0 Å². The molecule has 80 valence electrons. The first kappa shape index (κ1) is 11.7. The molecular formula is C12H9NO3. The van der Waals surface area contributed by atoms with Crippen molar-refractivity contribution in [1.29, 1.82) is 5.26 Å². The van der Waals surface area contributed by atoms with Crippen LogP contribution in [0.3, 0.4) is 0 Å². The molecule has 0 unspecified atom stereocenters. The second-order valence-corrected chi connectivity index (χ2v) is 3.20. The Morgan fingerprint density at radius 2 is 2.12 bits per heavy atom. The van der Waals surface area contributed by atoms with Crippen LogP contribution in [0.25, 0.3) is 6.08 Å². The Morgan fingerprint density at radius 1 is 1.44 bits per heavy atom. The lowest BCUT2D eigenvalue weighted by molar-refractivity contribution is -0.131. The molecule has 0 aliphatic rings. The molecule has 1 aromatic rings. The maximum atomic E-state index is 10.8. The van der Waals surface area contributed by atoms with Gasteiger partial charge in [0.15, 0.2) is 6.29 Å². The summed E-state index contributed by atoms with van der Waals surface area (Å²) in [6.07, 6.45) is 2.88. The van der Waals surface area contributed by atoms with E-state index in [0.29, 0.717) is 28.5 Å². The molecule has 0 fully saturated rings. The second-order valence-electron chi connectivity index (χ2n) is 3.20. The molecule has 0 aromatic heterocycles. The fourth-order valence-electron chi connectivity index (χ4n) is 1.27. The molecule has 4 heteroatoms. The smallest absolute Gasteiger partial charge is 0.328 e. The molecule has 0 saturated carbocycles. The number of aryl methyl sites for hydroxylation is 1. The standard InChI is InChI=1S/C12H9NO3/c1-8-4-9(2-3-12(15)16)11(7-14)5-10(8)6-13/h2-5,7H,1H3,(H,15,16)/b3-2+. The van der Waals surface area contributed by atoms with E-state index in [1.807, 2.05) is 6.07 Å². The Labute approximate surface area is 92.4 Å². The van der Waals surface area contributed by atoms with Crippen molar-refractivity contribution in [2.24, 2.45) is 0 Å². The molecule has 0 atom stereocenters. The van der Waals surface area contributed by atoms with Gasteiger partial charge in [-0.3, -0.25) is 4.79 Å². The van der Waals surface area contributed by atoms with E-state index in [0.717, 1.165) is 6.08 Å². The Morgan fingerprint density at radius 3 is 2.62 bits per heavy atom. The summed E-state index contributed by atoms with van der Waals surface area (Å²) < 4.78 is 0. The second kappa shape index (κ2) is 4.89. The van der Waals surface area contributed by atoms with Crippen molar-refractivity contribution in [3.63, 3.8) is 0 Å². The van der Waals surface area contributed by atoms with Gasteiger partial charge in [-0.05, 0) is 30.2 Å². The van der Waals surface area contributed by atoms with Gasteiger partial charge in [0.25, 0.3) is 0 Å². The Balaban J connectivity index is 3.30. The summed E-state index contributed by atoms with van der Waals surface area (Å²) >= 11 is 0. The number of hydrogen-bond acceptors (Lipinski definition) is 3. The Bertz CT molecular complexity index is 510. The molecule has 0 aliphatic heterocycles. The summed E-state index contributed by atoms with van der Waals surface area (Å²) in [5, 5.41) is 17.3. The highest BCUT2D eigenvalue weighted by molar-refractivity contribution is 5.89. The van der Waals surface area contributed by atoms with Crippen molar-refractivity contribution < 1.29 is 14.7 Å². The number of carbonyl (C=O) groups is 2. The van der Waals surface area contributed by atoms with Gasteiger partial charge < -0.3 is 5.11 Å². The normalized spacial score (nSPS) is 10.0. The number of hydrogen-bond donors (Lipinski definition) is 1. The van der Waals surface area contributed by atoms with Crippen LogP contribution in [0.1, 0.15) is 27.0 Å². The van der Waals surface area contributed by atoms with Crippen LogP contribution in [0.4, 0.5) is 0 Å². The van der Waals surface area contributed by atoms with Crippen LogP contribution in [0, 0.1) is 18.3 Å². The monoisotopic (exact) mass is 215 g/mol. The zero-order valence-electron chi connectivity index (χ0n) is 8.60. The van der Waals surface area contributed by atoms with E-state index in [4.69, 9.17) is 10.4 Å². The molecule has 0 radical (unpaired) electrons. The predicted molar refractivity (Wildman–Crippen MR) is 58.0 cm³/mol. The molecule has 0 amide bonds. The van der Waals surface area contributed by atoms with Crippen LogP contribution in [0.5, 0.6) is 0 Å². The van der Waals surface area contributed by atoms with Crippen molar-refractivity contribution in [3.8, 4) is 6.07 Å². The van der Waals surface area contributed by atoms with Crippen molar-refractivity contribution in [2.45, 2.75) is 6.92 Å². The van der Waals surface area contributed by atoms with Gasteiger partial charge >= 0.3 is 5.97 Å². The van der Waals surface area contributed by atoms with Crippen LogP contribution in [0.2, 0.25) is 0 Å². The van der Waals surface area contributed by atoms with Crippen molar-refractivity contribution in [2.75, 3.05) is 0 Å². The average Bonchev–Trinajstić information content (AvgIpc) is 2.26. The molecule has 0 saturated heterocycles. The fourth-order valence-corrected chi connectivity index (χ4v) is 1.27. The lowest BCUT2D eigenvalue weighted by Crippen LogP contribution is -1.93. The maximum absolute atomic E-state index is 10.8. The van der Waals surface area contributed by atoms with E-state index >= 15 is 0 Å². The van der Waals surface area contributed by atoms with Gasteiger partial charge in [0.05, 0.1) is 11.6 Å². The summed E-state index contributed by atoms with van der Waals surface area (Å²) in [5.41, 5.74) is 1.92. The number of carboxylic acid groups (broad SMARTS) is 1. The first-order valence-electron chi connectivity index (χ1n) is 4.49. The van der Waals surface area contributed by atoms with E-state index in [2.05, 4.69) is 0 Å². The number of carboxylic acids is 1. The summed E-state index contributed by atoms with van der Waals surface area (Å²) in [6, 6.07) is 5.02. The highest BCUT2D eigenvalue weighted by Gasteiger charge is 2.04. The predicted octanol–water partition coefficient (Wildman–Crippen LogP) is 1.78. The van der Waals surface area contributed by atoms with E-state index in [9.17, 15) is 9.59 Å². The zero-order chi connectivity index (χ0) is 12.1. The van der Waals surface area contributed by atoms with Gasteiger partial charge in [0.1, 0.15) is 0 Å². The van der Waals surface area contributed by atoms with Crippen LogP contribution >= 0.6 is 0 Å². The maximum Gasteiger partial charge on any atom is 0.328 e. The largest absolute Gasteiger partial charge is 0.478 e. The fraction of sp³-hybridized carbons (Fsp3) is 0.0833. The van der Waals surface area contributed by atoms with E-state index in [1.165, 1.54) is 12.1 Å². The SMILES string of the molecule is Cc1cc(/C=C/C(=O)O)c(C=O)cc1C#N. The zero-order valence-corrected chi connectivity index (χ0v) is 8.60. The molecule has 1 rings (SSSR count). The third-order valence-corrected chi connectivity index (χ3v) is 2.08. The first-order chi connectivity index (χ1) is 7.58. The summed E-state index contributed by atoms with van der Waals surface area (Å²) in [6.45, 7) is 1.73. The van der Waals surface area contributed by atoms with Crippen LogP contribution in [-0.2, 0) is 4.79 Å². The Kier molecular flexibility index (Phi) is 3.57. The van der Waals surface area contributed by atoms with Crippen LogP contribution in [0.15, 0.2) is 18.2 Å². The lowest BCUT2D eigenvalue weighted by Gasteiger charge is -2.03. The van der Waals surface area contributed by atoms with E-state index < -0.39 is 5.97 Å². The first-order valence-corrected chi connectivity index (χ1v) is 4.49. The van der Waals surface area contributed by atoms with Crippen molar-refractivity contribution in [3.05, 3.63) is 40.5 Å². The van der Waals surface area contributed by atoms with Gasteiger partial charge in [0, 0.05) is 11.6 Å². The molecular weight excluding hydrogens is 206 g/mol. The topological polar surface area (TPSA) is 78.2 Å². The summed E-state index contributed by atoms with van der Waals surface area (Å²) in [5.74, 6) is -1.08. The van der Waals surface area contributed by atoms with Crippen LogP contribution in [-0.4, -0.2) is 17.4 Å². The van der Waals surface area contributed by atoms with Crippen LogP contribution < -0.4 is 0 Å². The minimum atomic E-state index is -1.08. The van der Waals surface area contributed by atoms with Gasteiger partial charge in [0.2, 0.25) is 0 Å². The number of nitrogens with zero attached hydrogens (tertiary/aromatic N) is 1. The number of benzene rings is 1. The van der Waals surface area contributed by atoms with Gasteiger partial charge in [-0.2, -0.15) is 5.26 Å². The number of aldehydes is 1. The summed E-state index contributed by atoms with van der Waals surface area (Å²) in [7, 11) is 0. The molecule has 0 heterocycles. The number of carbonyl (C=O) groups excluding carboxylic acids is 1. The molecule has 0 aliphatic carbocycles. The highest BCUT2D eigenvalue weighted by atomic mass is 16.4. The number of rotatable bonds is 3. The lowest BCUT2D eigenvalue weighted by atomic mass is 10.00. The molecule has 4 nitrogen and oxygen atoms in total. The third-order valence-electron chi connectivity index (χ3n) is 2.08. The highest BCUT2D eigenvalue weighted by Crippen LogP contribution is 2.16. The minimum absolute atomic E-state index is 0.305. The van der Waals surface area contributed by atoms with Gasteiger partial charge in [-0.1, -0.05) is 6.07 Å². The van der Waals surface area contributed by atoms with E-state index in [1.54, 1.807) is 13.0 Å². The van der Waals surface area contributed by atoms with Crippen molar-refractivity contribution >= 4 is 18.3 Å². The molecule has 1 N–H and O–H groups in total. The van der Waals surface area contributed by atoms with Crippen molar-refractivity contribution in [1.82, 2.24) is 0 Å². The minimum Gasteiger partial charge on any atom is -0.478 e. The number of nitriles is 1. The third kappa shape index (κ3) is 2.55. The molecule has 1 aromatic carbocycles. The van der Waals surface area contributed by atoms with Gasteiger partial charge in [-0.15, -0.1) is 0 Å². The number of aliphatic carboxylic acids is 1. The summed E-state index contributed by atoms with van der Waals surface area (Å²) in [4.78, 5) is 21.1. The molecule has 0 spiro atoms. The molecule has 0 bridgehead atoms. The Hall–Kier alpha value is -2.41. The molecule has 16 heavy (non-hydrogen) atoms. The van der Waals surface area contributed by atoms with Gasteiger partial charge in [-0.25, -0.2) is 4.79 Å². The quantitative estimate of drug-likeness (QED) is 0.615. The average molecular weight is 215 g/mol.